The van der Waals surface area contributed by atoms with E-state index in [2.05, 4.69) is 6.58 Å². The fourth-order valence-corrected chi connectivity index (χ4v) is 4.31. The molecule has 31 heavy (non-hydrogen) atoms. The Morgan fingerprint density at radius 2 is 1.39 bits per heavy atom. The Labute approximate surface area is 184 Å². The lowest BCUT2D eigenvalue weighted by atomic mass is 10.0. The number of primary amides is 2. The van der Waals surface area contributed by atoms with Gasteiger partial charge in [0.05, 0.1) is 0 Å². The molecule has 0 aliphatic carbocycles. The highest BCUT2D eigenvalue weighted by Crippen LogP contribution is 2.25. The van der Waals surface area contributed by atoms with Crippen LogP contribution in [0.25, 0.3) is 0 Å². The predicted molar refractivity (Wildman–Crippen MR) is 116 cm³/mol. The molecule has 9 heteroatoms. The molecule has 2 fully saturated rings. The van der Waals surface area contributed by atoms with Crippen molar-refractivity contribution in [1.82, 2.24) is 9.80 Å². The minimum atomic E-state index is -0.524. The van der Waals surface area contributed by atoms with Crippen LogP contribution in [0.2, 0.25) is 0 Å². The molecule has 0 radical (unpaired) electrons. The van der Waals surface area contributed by atoms with Crippen LogP contribution in [-0.2, 0) is 24.0 Å². The van der Waals surface area contributed by atoms with E-state index in [-0.39, 0.29) is 23.5 Å². The van der Waals surface area contributed by atoms with Gasteiger partial charge in [0.25, 0.3) is 0 Å². The summed E-state index contributed by atoms with van der Waals surface area (Å²) >= 11 is 0. The van der Waals surface area contributed by atoms with E-state index in [4.69, 9.17) is 11.5 Å². The maximum Gasteiger partial charge on any atom is 0.240 e. The summed E-state index contributed by atoms with van der Waals surface area (Å²) in [5.74, 6) is -0.512. The standard InChI is InChI=1S/C11H18N2O3.C11H18N2O2/c1-3-9(11(12)16)13-6-8(4-7(2)14)5-10(13)15;1-3-5-8-6-10(14)13(7-8)9(4-2)11(12)15/h8-9H,3-6H2,1-2H3,(H2,12,16);3,8-9H,1,4-7H2,2H3,(H2,12,15)/t2*8-,9+/m11/s1. The summed E-state index contributed by atoms with van der Waals surface area (Å²) in [6, 6.07) is -0.961. The molecule has 2 saturated heterocycles. The SMILES string of the molecule is C=CC[C@@H]1CC(=O)N([C@@H](CC)C(N)=O)C1.CC[C@@H](C(N)=O)N1C[C@H](CC(C)=O)CC1=O. The second kappa shape index (κ2) is 12.2. The molecule has 174 valence electrons. The van der Waals surface area contributed by atoms with Gasteiger partial charge in [0, 0.05) is 32.4 Å². The van der Waals surface area contributed by atoms with E-state index in [0.717, 1.165) is 6.42 Å². The zero-order valence-corrected chi connectivity index (χ0v) is 18.8. The minimum absolute atomic E-state index is 0.0347. The zero-order chi connectivity index (χ0) is 23.7. The Balaban J connectivity index is 0.000000311. The number of Topliss-reactive ketones (excluding diaryl/α,β-unsaturated/α-hetero) is 1. The molecule has 9 nitrogen and oxygen atoms in total. The van der Waals surface area contributed by atoms with E-state index in [9.17, 15) is 24.0 Å². The van der Waals surface area contributed by atoms with Crippen molar-refractivity contribution in [2.75, 3.05) is 13.1 Å². The van der Waals surface area contributed by atoms with Crippen molar-refractivity contribution in [3.63, 3.8) is 0 Å². The molecule has 0 unspecified atom stereocenters. The highest BCUT2D eigenvalue weighted by atomic mass is 16.2. The molecular formula is C22H36N4O5. The van der Waals surface area contributed by atoms with Crippen LogP contribution in [-0.4, -0.2) is 64.4 Å². The second-order valence-corrected chi connectivity index (χ2v) is 8.32. The van der Waals surface area contributed by atoms with E-state index in [1.54, 1.807) is 4.90 Å². The lowest BCUT2D eigenvalue weighted by Gasteiger charge is -2.24. The molecule has 2 rings (SSSR count). The number of nitrogens with two attached hydrogens (primary N) is 2. The van der Waals surface area contributed by atoms with Gasteiger partial charge in [-0.05, 0) is 38.0 Å². The van der Waals surface area contributed by atoms with Gasteiger partial charge in [-0.15, -0.1) is 6.58 Å². The van der Waals surface area contributed by atoms with E-state index in [0.29, 0.717) is 51.1 Å². The lowest BCUT2D eigenvalue weighted by Crippen LogP contribution is -2.45. The van der Waals surface area contributed by atoms with E-state index in [1.807, 2.05) is 19.9 Å². The molecule has 4 N–H and O–H groups in total. The highest BCUT2D eigenvalue weighted by Gasteiger charge is 2.36. The van der Waals surface area contributed by atoms with Gasteiger partial charge >= 0.3 is 0 Å². The van der Waals surface area contributed by atoms with Crippen LogP contribution in [0.4, 0.5) is 0 Å². The average molecular weight is 437 g/mol. The van der Waals surface area contributed by atoms with Gasteiger partial charge in [-0.1, -0.05) is 19.9 Å². The van der Waals surface area contributed by atoms with Crippen molar-refractivity contribution in [3.05, 3.63) is 12.7 Å². The Kier molecular flexibility index (Phi) is 10.4. The number of carbonyl (C=O) groups is 5. The van der Waals surface area contributed by atoms with Crippen molar-refractivity contribution in [3.8, 4) is 0 Å². The van der Waals surface area contributed by atoms with Crippen LogP contribution in [0.15, 0.2) is 12.7 Å². The zero-order valence-electron chi connectivity index (χ0n) is 18.8. The summed E-state index contributed by atoms with van der Waals surface area (Å²) in [6.07, 6.45) is 5.00. The van der Waals surface area contributed by atoms with Gasteiger partial charge in [-0.2, -0.15) is 0 Å². The van der Waals surface area contributed by atoms with Crippen LogP contribution >= 0.6 is 0 Å². The summed E-state index contributed by atoms with van der Waals surface area (Å²) in [6.45, 7) is 9.95. The van der Waals surface area contributed by atoms with E-state index >= 15 is 0 Å². The number of ketones is 1. The van der Waals surface area contributed by atoms with Crippen LogP contribution < -0.4 is 11.5 Å². The number of hydrogen-bond donors (Lipinski definition) is 2. The van der Waals surface area contributed by atoms with Crippen molar-refractivity contribution < 1.29 is 24.0 Å². The van der Waals surface area contributed by atoms with Crippen molar-refractivity contribution in [1.29, 1.82) is 0 Å². The van der Waals surface area contributed by atoms with Crippen LogP contribution in [0.5, 0.6) is 0 Å². The number of nitrogens with zero attached hydrogens (tertiary/aromatic N) is 2. The maximum atomic E-state index is 11.7. The number of likely N-dealkylation sites (tertiary alicyclic amines) is 2. The summed E-state index contributed by atoms with van der Waals surface area (Å²) in [5.41, 5.74) is 10.5. The molecule has 0 aromatic heterocycles. The van der Waals surface area contributed by atoms with E-state index in [1.165, 1.54) is 11.8 Å². The van der Waals surface area contributed by atoms with Crippen molar-refractivity contribution in [2.24, 2.45) is 23.3 Å². The number of rotatable bonds is 10. The van der Waals surface area contributed by atoms with Crippen molar-refractivity contribution >= 4 is 29.4 Å². The summed E-state index contributed by atoms with van der Waals surface area (Å²) in [7, 11) is 0. The molecular weight excluding hydrogens is 400 g/mol. The highest BCUT2D eigenvalue weighted by molar-refractivity contribution is 5.89. The Bertz CT molecular complexity index is 708. The van der Waals surface area contributed by atoms with Crippen LogP contribution in [0, 0.1) is 11.8 Å². The maximum absolute atomic E-state index is 11.7. The molecule has 0 bridgehead atoms. The Hall–Kier alpha value is -2.71. The monoisotopic (exact) mass is 436 g/mol. The first-order chi connectivity index (χ1) is 14.5. The smallest absolute Gasteiger partial charge is 0.240 e. The average Bonchev–Trinajstić information content (AvgIpc) is 3.19. The molecule has 2 aliphatic rings. The molecule has 0 aromatic carbocycles. The van der Waals surface area contributed by atoms with Crippen LogP contribution in [0.3, 0.4) is 0 Å². The first-order valence-corrected chi connectivity index (χ1v) is 10.8. The first kappa shape index (κ1) is 26.3. The molecule has 2 heterocycles. The predicted octanol–water partition coefficient (Wildman–Crippen LogP) is 0.753. The third-order valence-corrected chi connectivity index (χ3v) is 5.74. The Morgan fingerprint density at radius 1 is 0.968 bits per heavy atom. The normalized spacial score (nSPS) is 22.5. The summed E-state index contributed by atoms with van der Waals surface area (Å²) < 4.78 is 0. The van der Waals surface area contributed by atoms with Gasteiger partial charge in [-0.25, -0.2) is 0 Å². The quantitative estimate of drug-likeness (QED) is 0.486. The third kappa shape index (κ3) is 7.48. The third-order valence-electron chi connectivity index (χ3n) is 5.74. The molecule has 4 amide bonds. The van der Waals surface area contributed by atoms with Crippen LogP contribution in [0.1, 0.15) is 59.3 Å². The number of allylic oxidation sites excluding steroid dienone is 1. The van der Waals surface area contributed by atoms with E-state index < -0.39 is 23.9 Å². The number of hydrogen-bond acceptors (Lipinski definition) is 5. The Morgan fingerprint density at radius 3 is 1.74 bits per heavy atom. The van der Waals surface area contributed by atoms with Gasteiger partial charge in [0.2, 0.25) is 23.6 Å². The lowest BCUT2D eigenvalue weighted by molar-refractivity contribution is -0.136. The first-order valence-electron chi connectivity index (χ1n) is 10.8. The summed E-state index contributed by atoms with van der Waals surface area (Å²) in [4.78, 5) is 59.7. The second-order valence-electron chi connectivity index (χ2n) is 8.32. The van der Waals surface area contributed by atoms with Gasteiger partial charge in [-0.3, -0.25) is 19.2 Å². The van der Waals surface area contributed by atoms with Gasteiger partial charge in [0.1, 0.15) is 17.9 Å². The van der Waals surface area contributed by atoms with Gasteiger partial charge in [0.15, 0.2) is 0 Å². The molecule has 2 aliphatic heterocycles. The molecule has 0 saturated carbocycles. The minimum Gasteiger partial charge on any atom is -0.368 e. The molecule has 0 aromatic rings. The number of carbonyl (C=O) groups excluding carboxylic acids is 5. The fraction of sp³-hybridized carbons (Fsp3) is 0.682. The molecule has 0 spiro atoms. The van der Waals surface area contributed by atoms with Crippen molar-refractivity contribution in [2.45, 2.75) is 71.4 Å². The fourth-order valence-electron chi connectivity index (χ4n) is 4.31. The topological polar surface area (TPSA) is 144 Å². The molecule has 4 atom stereocenters. The largest absolute Gasteiger partial charge is 0.368 e. The van der Waals surface area contributed by atoms with Gasteiger partial charge < -0.3 is 26.1 Å². The summed E-state index contributed by atoms with van der Waals surface area (Å²) in [5, 5.41) is 0. The number of amides is 4.